The summed E-state index contributed by atoms with van der Waals surface area (Å²) in [5.41, 5.74) is 1.08. The first-order valence-electron chi connectivity index (χ1n) is 10.3. The zero-order chi connectivity index (χ0) is 20.9. The molecular formula is C22H33N5O2. The van der Waals surface area contributed by atoms with Crippen LogP contribution in [-0.2, 0) is 12.0 Å². The Kier molecular flexibility index (Phi) is 6.67. The van der Waals surface area contributed by atoms with E-state index >= 15 is 0 Å². The third kappa shape index (κ3) is 5.43. The van der Waals surface area contributed by atoms with E-state index in [0.29, 0.717) is 18.5 Å². The third-order valence-electron chi connectivity index (χ3n) is 4.96. The molecule has 7 nitrogen and oxygen atoms in total. The molecule has 1 aromatic carbocycles. The van der Waals surface area contributed by atoms with Gasteiger partial charge in [0.1, 0.15) is 18.1 Å². The summed E-state index contributed by atoms with van der Waals surface area (Å²) in [6, 6.07) is 8.47. The van der Waals surface area contributed by atoms with Crippen molar-refractivity contribution in [2.45, 2.75) is 52.1 Å². The number of aliphatic imine (C=N–C) groups is 1. The molecule has 0 radical (unpaired) electrons. The zero-order valence-corrected chi connectivity index (χ0v) is 18.2. The predicted molar refractivity (Wildman–Crippen MR) is 117 cm³/mol. The highest BCUT2D eigenvalue weighted by molar-refractivity contribution is 5.80. The number of ether oxygens (including phenoxy) is 1. The molecule has 7 heteroatoms. The second-order valence-corrected chi connectivity index (χ2v) is 8.31. The van der Waals surface area contributed by atoms with Gasteiger partial charge in [-0.2, -0.15) is 0 Å². The predicted octanol–water partition coefficient (Wildman–Crippen LogP) is 3.31. The molecule has 0 aliphatic carbocycles. The summed E-state index contributed by atoms with van der Waals surface area (Å²) in [6.07, 6.45) is 2.84. The summed E-state index contributed by atoms with van der Waals surface area (Å²) in [5.74, 6) is 3.21. The molecule has 1 saturated heterocycles. The van der Waals surface area contributed by atoms with Crippen LogP contribution in [0.3, 0.4) is 0 Å². The van der Waals surface area contributed by atoms with E-state index in [1.165, 1.54) is 0 Å². The van der Waals surface area contributed by atoms with E-state index in [1.54, 1.807) is 13.3 Å². The van der Waals surface area contributed by atoms with Crippen molar-refractivity contribution in [1.29, 1.82) is 0 Å². The minimum Gasteiger partial charge on any atom is -0.495 e. The Morgan fingerprint density at radius 1 is 1.34 bits per heavy atom. The number of nitrogens with one attached hydrogen (secondary N) is 2. The van der Waals surface area contributed by atoms with Gasteiger partial charge in [-0.25, -0.2) is 9.98 Å². The van der Waals surface area contributed by atoms with Gasteiger partial charge >= 0.3 is 0 Å². The molecule has 0 saturated carbocycles. The summed E-state index contributed by atoms with van der Waals surface area (Å²) in [7, 11) is 1.72. The van der Waals surface area contributed by atoms with Crippen LogP contribution in [-0.4, -0.2) is 43.7 Å². The number of guanidine groups is 1. The molecule has 158 valence electrons. The number of nitrogens with zero attached hydrogens (tertiary/aromatic N) is 3. The minimum atomic E-state index is -0.0521. The van der Waals surface area contributed by atoms with Gasteiger partial charge in [-0.15, -0.1) is 0 Å². The molecule has 1 aliphatic heterocycles. The second kappa shape index (κ2) is 9.20. The van der Waals surface area contributed by atoms with Gasteiger partial charge in [0.05, 0.1) is 19.0 Å². The molecule has 1 aromatic heterocycles. The van der Waals surface area contributed by atoms with Crippen LogP contribution in [0.5, 0.6) is 5.75 Å². The third-order valence-corrected chi connectivity index (χ3v) is 4.96. The van der Waals surface area contributed by atoms with E-state index in [4.69, 9.17) is 9.15 Å². The first-order valence-corrected chi connectivity index (χ1v) is 10.3. The molecule has 3 rings (SSSR count). The first kappa shape index (κ1) is 21.0. The Morgan fingerprint density at radius 3 is 2.83 bits per heavy atom. The van der Waals surface area contributed by atoms with Gasteiger partial charge in [-0.3, -0.25) is 0 Å². The van der Waals surface area contributed by atoms with Crippen molar-refractivity contribution < 1.29 is 9.15 Å². The average molecular weight is 400 g/mol. The lowest BCUT2D eigenvalue weighted by molar-refractivity contribution is 0.383. The van der Waals surface area contributed by atoms with Crippen LogP contribution in [0.25, 0.3) is 0 Å². The van der Waals surface area contributed by atoms with E-state index in [0.717, 1.165) is 49.2 Å². The van der Waals surface area contributed by atoms with Crippen LogP contribution >= 0.6 is 0 Å². The average Bonchev–Trinajstić information content (AvgIpc) is 3.35. The Balaban J connectivity index is 1.62. The van der Waals surface area contributed by atoms with Crippen molar-refractivity contribution in [3.8, 4) is 5.75 Å². The molecule has 0 amide bonds. The summed E-state index contributed by atoms with van der Waals surface area (Å²) in [6.45, 7) is 11.5. The summed E-state index contributed by atoms with van der Waals surface area (Å²) < 4.78 is 11.4. The van der Waals surface area contributed by atoms with Crippen LogP contribution in [0.2, 0.25) is 0 Å². The van der Waals surface area contributed by atoms with Gasteiger partial charge in [0.15, 0.2) is 5.96 Å². The fourth-order valence-corrected chi connectivity index (χ4v) is 3.38. The number of para-hydroxylation sites is 2. The van der Waals surface area contributed by atoms with Gasteiger partial charge in [0.25, 0.3) is 0 Å². The number of anilines is 1. The van der Waals surface area contributed by atoms with Gasteiger partial charge < -0.3 is 24.7 Å². The van der Waals surface area contributed by atoms with E-state index in [-0.39, 0.29) is 5.41 Å². The summed E-state index contributed by atoms with van der Waals surface area (Å²) in [5, 5.41) is 6.87. The van der Waals surface area contributed by atoms with Gasteiger partial charge in [-0.05, 0) is 25.5 Å². The number of oxazole rings is 1. The van der Waals surface area contributed by atoms with Crippen LogP contribution < -0.4 is 20.3 Å². The highest BCUT2D eigenvalue weighted by Gasteiger charge is 2.25. The molecule has 0 spiro atoms. The molecule has 2 aromatic rings. The number of hydrogen-bond donors (Lipinski definition) is 2. The number of aromatic nitrogens is 1. The largest absolute Gasteiger partial charge is 0.495 e. The fourth-order valence-electron chi connectivity index (χ4n) is 3.38. The topological polar surface area (TPSA) is 74.9 Å². The minimum absolute atomic E-state index is 0.0521. The molecule has 1 aliphatic rings. The monoisotopic (exact) mass is 399 g/mol. The summed E-state index contributed by atoms with van der Waals surface area (Å²) >= 11 is 0. The molecule has 2 N–H and O–H groups in total. The normalized spacial score (nSPS) is 17.5. The van der Waals surface area contributed by atoms with Crippen molar-refractivity contribution in [2.75, 3.05) is 31.6 Å². The van der Waals surface area contributed by atoms with Crippen LogP contribution in [0.15, 0.2) is 39.9 Å². The lowest BCUT2D eigenvalue weighted by atomic mass is 9.94. The Morgan fingerprint density at radius 2 is 2.14 bits per heavy atom. The van der Waals surface area contributed by atoms with Crippen LogP contribution in [0, 0.1) is 0 Å². The van der Waals surface area contributed by atoms with Crippen molar-refractivity contribution in [2.24, 2.45) is 4.99 Å². The maximum Gasteiger partial charge on any atom is 0.216 e. The summed E-state index contributed by atoms with van der Waals surface area (Å²) in [4.78, 5) is 11.4. The molecule has 29 heavy (non-hydrogen) atoms. The van der Waals surface area contributed by atoms with Crippen molar-refractivity contribution >= 4 is 11.6 Å². The Bertz CT molecular complexity index is 825. The smallest absolute Gasteiger partial charge is 0.216 e. The van der Waals surface area contributed by atoms with Gasteiger partial charge in [0.2, 0.25) is 5.89 Å². The highest BCUT2D eigenvalue weighted by atomic mass is 16.5. The lowest BCUT2D eigenvalue weighted by Crippen LogP contribution is -2.44. The number of rotatable bonds is 6. The number of benzene rings is 1. The van der Waals surface area contributed by atoms with E-state index in [2.05, 4.69) is 59.3 Å². The quantitative estimate of drug-likeness (QED) is 0.573. The highest BCUT2D eigenvalue weighted by Crippen LogP contribution is 2.30. The fraction of sp³-hybridized carbons (Fsp3) is 0.545. The van der Waals surface area contributed by atoms with Crippen LogP contribution in [0.1, 0.15) is 45.8 Å². The Hall–Kier alpha value is -2.70. The van der Waals surface area contributed by atoms with Crippen molar-refractivity contribution in [3.05, 3.63) is 42.1 Å². The van der Waals surface area contributed by atoms with Crippen molar-refractivity contribution in [3.63, 3.8) is 0 Å². The second-order valence-electron chi connectivity index (χ2n) is 8.31. The van der Waals surface area contributed by atoms with Crippen molar-refractivity contribution in [1.82, 2.24) is 15.6 Å². The van der Waals surface area contributed by atoms with E-state index in [9.17, 15) is 0 Å². The zero-order valence-electron chi connectivity index (χ0n) is 18.2. The molecule has 2 heterocycles. The van der Waals surface area contributed by atoms with Crippen LogP contribution in [0.4, 0.5) is 5.69 Å². The molecule has 1 fully saturated rings. The number of methoxy groups -OCH3 is 1. The van der Waals surface area contributed by atoms with E-state index < -0.39 is 0 Å². The first-order chi connectivity index (χ1) is 13.9. The molecule has 1 atom stereocenters. The maximum atomic E-state index is 5.85. The molecule has 0 bridgehead atoms. The molecular weight excluding hydrogens is 366 g/mol. The SMILES string of the molecule is CCNC(=NCc1ncc(C(C)(C)C)o1)NC1CCN(c2ccccc2OC)C1. The number of hydrogen-bond acceptors (Lipinski definition) is 5. The lowest BCUT2D eigenvalue weighted by Gasteiger charge is -2.22. The van der Waals surface area contributed by atoms with E-state index in [1.807, 2.05) is 18.2 Å². The van der Waals surface area contributed by atoms with Gasteiger partial charge in [0, 0.05) is 31.1 Å². The maximum absolute atomic E-state index is 5.85. The standard InChI is InChI=1S/C22H33N5O2/c1-6-23-21(25-14-20-24-13-19(29-20)22(2,3)4)26-16-11-12-27(15-16)17-9-7-8-10-18(17)28-5/h7-10,13,16H,6,11-12,14-15H2,1-5H3,(H2,23,25,26). The molecule has 1 unspecified atom stereocenters. The Labute approximate surface area is 173 Å². The van der Waals surface area contributed by atoms with Gasteiger partial charge in [-0.1, -0.05) is 32.9 Å².